The molecule has 2 N–H and O–H groups in total. The van der Waals surface area contributed by atoms with E-state index in [2.05, 4.69) is 5.32 Å². The molecule has 1 saturated heterocycles. The van der Waals surface area contributed by atoms with Gasteiger partial charge in [-0.25, -0.2) is 8.78 Å². The second-order valence-corrected chi connectivity index (χ2v) is 7.59. The summed E-state index contributed by atoms with van der Waals surface area (Å²) in [5.74, 6) is -2.18. The zero-order chi connectivity index (χ0) is 18.9. The average molecular weight is 366 g/mol. The van der Waals surface area contributed by atoms with Crippen LogP contribution in [0, 0.1) is 23.0 Å². The number of hydrogen-bond acceptors (Lipinski definition) is 3. The Balaban J connectivity index is 1.54. The molecule has 1 aromatic carbocycles. The highest BCUT2D eigenvalue weighted by Crippen LogP contribution is 2.48. The molecule has 0 aromatic heterocycles. The van der Waals surface area contributed by atoms with Crippen molar-refractivity contribution in [2.75, 3.05) is 19.6 Å². The summed E-state index contributed by atoms with van der Waals surface area (Å²) < 4.78 is 27.4. The molecule has 3 rings (SSSR count). The molecule has 26 heavy (non-hydrogen) atoms. The molecule has 1 heterocycles. The maximum Gasteiger partial charge on any atom is 0.311 e. The number of amides is 1. The van der Waals surface area contributed by atoms with Gasteiger partial charge in [0, 0.05) is 24.7 Å². The first-order valence-corrected chi connectivity index (χ1v) is 9.00. The molecule has 2 aliphatic rings. The van der Waals surface area contributed by atoms with Crippen LogP contribution in [0.1, 0.15) is 31.7 Å². The van der Waals surface area contributed by atoms with Gasteiger partial charge in [0.1, 0.15) is 11.6 Å². The predicted molar refractivity (Wildman–Crippen MR) is 91.5 cm³/mol. The number of benzene rings is 1. The molecule has 0 radical (unpaired) electrons. The molecule has 1 aliphatic heterocycles. The third-order valence-corrected chi connectivity index (χ3v) is 5.71. The lowest BCUT2D eigenvalue weighted by molar-refractivity contribution is -0.149. The van der Waals surface area contributed by atoms with Crippen LogP contribution in [0.5, 0.6) is 0 Å². The molecule has 1 saturated carbocycles. The highest BCUT2D eigenvalue weighted by Gasteiger charge is 2.54. The number of carboxylic acid groups (broad SMARTS) is 1. The quantitative estimate of drug-likeness (QED) is 0.810. The van der Waals surface area contributed by atoms with Crippen LogP contribution < -0.4 is 5.32 Å². The Labute approximate surface area is 151 Å². The van der Waals surface area contributed by atoms with Crippen LogP contribution in [-0.2, 0) is 16.0 Å². The normalized spacial score (nSPS) is 26.5. The second kappa shape index (κ2) is 7.31. The standard InChI is InChI=1S/C19H24F2N2O3/c1-12(8-14-15(20)5-2-6-16(14)21)22-17(24)10-23-9-13-4-3-7-19(13,11-23)18(25)26/h2,5-6,12-13H,3-4,7-11H2,1H3,(H,22,24)(H,25,26)/t12?,13-,19+/m0/s1. The fourth-order valence-electron chi connectivity index (χ4n) is 4.47. The summed E-state index contributed by atoms with van der Waals surface area (Å²) in [7, 11) is 0. The Bertz CT molecular complexity index is 692. The third-order valence-electron chi connectivity index (χ3n) is 5.71. The van der Waals surface area contributed by atoms with Crippen LogP contribution in [-0.4, -0.2) is 47.6 Å². The van der Waals surface area contributed by atoms with Crippen LogP contribution in [0.15, 0.2) is 18.2 Å². The fourth-order valence-corrected chi connectivity index (χ4v) is 4.47. The van der Waals surface area contributed by atoms with Crippen molar-refractivity contribution in [1.82, 2.24) is 10.2 Å². The van der Waals surface area contributed by atoms with E-state index >= 15 is 0 Å². The molecule has 1 aromatic rings. The largest absolute Gasteiger partial charge is 0.481 e. The zero-order valence-electron chi connectivity index (χ0n) is 14.8. The molecule has 0 bridgehead atoms. The minimum atomic E-state index is -0.772. The van der Waals surface area contributed by atoms with Crippen molar-refractivity contribution in [2.24, 2.45) is 11.3 Å². The number of carboxylic acids is 1. The van der Waals surface area contributed by atoms with E-state index in [-0.39, 0.29) is 30.4 Å². The van der Waals surface area contributed by atoms with Crippen molar-refractivity contribution < 1.29 is 23.5 Å². The molecule has 142 valence electrons. The zero-order valence-corrected chi connectivity index (χ0v) is 14.8. The molecule has 5 nitrogen and oxygen atoms in total. The SMILES string of the molecule is CC(Cc1c(F)cccc1F)NC(=O)CN1C[C@@H]2CCC[C@@]2(C(=O)O)C1. The Morgan fingerprint density at radius 2 is 2.08 bits per heavy atom. The van der Waals surface area contributed by atoms with E-state index in [0.717, 1.165) is 12.8 Å². The van der Waals surface area contributed by atoms with Crippen LogP contribution >= 0.6 is 0 Å². The van der Waals surface area contributed by atoms with Crippen LogP contribution in [0.25, 0.3) is 0 Å². The molecule has 0 spiro atoms. The van der Waals surface area contributed by atoms with E-state index < -0.39 is 29.1 Å². The van der Waals surface area contributed by atoms with E-state index in [1.807, 2.05) is 4.90 Å². The Kier molecular flexibility index (Phi) is 5.27. The Morgan fingerprint density at radius 1 is 1.38 bits per heavy atom. The van der Waals surface area contributed by atoms with E-state index in [4.69, 9.17) is 0 Å². The summed E-state index contributed by atoms with van der Waals surface area (Å²) in [6, 6.07) is 3.27. The number of nitrogens with zero attached hydrogens (tertiary/aromatic N) is 1. The topological polar surface area (TPSA) is 69.6 Å². The number of carbonyl (C=O) groups excluding carboxylic acids is 1. The van der Waals surface area contributed by atoms with Gasteiger partial charge in [-0.1, -0.05) is 12.5 Å². The molecular weight excluding hydrogens is 342 g/mol. The maximum atomic E-state index is 13.7. The summed E-state index contributed by atoms with van der Waals surface area (Å²) in [5.41, 5.74) is -0.761. The number of fused-ring (bicyclic) bond motifs is 1. The lowest BCUT2D eigenvalue weighted by atomic mass is 9.81. The van der Waals surface area contributed by atoms with Crippen LogP contribution in [0.2, 0.25) is 0 Å². The Morgan fingerprint density at radius 3 is 2.69 bits per heavy atom. The molecule has 1 amide bonds. The molecule has 3 atom stereocenters. The lowest BCUT2D eigenvalue weighted by Crippen LogP contribution is -2.42. The number of carbonyl (C=O) groups is 2. The first kappa shape index (κ1) is 18.8. The second-order valence-electron chi connectivity index (χ2n) is 7.59. The summed E-state index contributed by atoms with van der Waals surface area (Å²) in [6.07, 6.45) is 2.52. The maximum absolute atomic E-state index is 13.7. The van der Waals surface area contributed by atoms with Gasteiger partial charge in [0.25, 0.3) is 0 Å². The number of aliphatic carboxylic acids is 1. The van der Waals surface area contributed by atoms with Gasteiger partial charge in [-0.3, -0.25) is 14.5 Å². The molecular formula is C19H24F2N2O3. The number of hydrogen-bond donors (Lipinski definition) is 2. The van der Waals surface area contributed by atoms with Crippen molar-refractivity contribution in [3.05, 3.63) is 35.4 Å². The van der Waals surface area contributed by atoms with Crippen molar-refractivity contribution in [2.45, 2.75) is 38.6 Å². The molecule has 7 heteroatoms. The third kappa shape index (κ3) is 3.58. The highest BCUT2D eigenvalue weighted by molar-refractivity contribution is 5.79. The fraction of sp³-hybridized carbons (Fsp3) is 0.579. The number of nitrogens with one attached hydrogen (secondary N) is 1. The molecule has 1 aliphatic carbocycles. The first-order chi connectivity index (χ1) is 12.3. The average Bonchev–Trinajstić information content (AvgIpc) is 3.08. The summed E-state index contributed by atoms with van der Waals surface area (Å²) in [6.45, 7) is 2.80. The van der Waals surface area contributed by atoms with Crippen molar-refractivity contribution in [3.63, 3.8) is 0 Å². The summed E-state index contributed by atoms with van der Waals surface area (Å²) >= 11 is 0. The highest BCUT2D eigenvalue weighted by atomic mass is 19.1. The lowest BCUT2D eigenvalue weighted by Gasteiger charge is -2.23. The van der Waals surface area contributed by atoms with Gasteiger partial charge in [0.2, 0.25) is 5.91 Å². The number of likely N-dealkylation sites (tertiary alicyclic amines) is 1. The van der Waals surface area contributed by atoms with Gasteiger partial charge in [0.05, 0.1) is 12.0 Å². The van der Waals surface area contributed by atoms with E-state index in [1.165, 1.54) is 18.2 Å². The minimum absolute atomic E-state index is 0.0409. The predicted octanol–water partition coefficient (Wildman–Crippen LogP) is 2.20. The van der Waals surface area contributed by atoms with Crippen molar-refractivity contribution in [3.8, 4) is 0 Å². The molecule has 2 fully saturated rings. The summed E-state index contributed by atoms with van der Waals surface area (Å²) in [5, 5.41) is 12.3. The first-order valence-electron chi connectivity index (χ1n) is 9.00. The van der Waals surface area contributed by atoms with Gasteiger partial charge in [0.15, 0.2) is 0 Å². The van der Waals surface area contributed by atoms with Crippen molar-refractivity contribution >= 4 is 11.9 Å². The van der Waals surface area contributed by atoms with E-state index in [0.29, 0.717) is 19.5 Å². The van der Waals surface area contributed by atoms with E-state index in [1.54, 1.807) is 6.92 Å². The van der Waals surface area contributed by atoms with Gasteiger partial charge >= 0.3 is 5.97 Å². The van der Waals surface area contributed by atoms with Gasteiger partial charge in [-0.15, -0.1) is 0 Å². The number of halogens is 2. The summed E-state index contributed by atoms with van der Waals surface area (Å²) in [4.78, 5) is 25.8. The van der Waals surface area contributed by atoms with Gasteiger partial charge in [-0.05, 0) is 44.2 Å². The van der Waals surface area contributed by atoms with Crippen LogP contribution in [0.3, 0.4) is 0 Å². The smallest absolute Gasteiger partial charge is 0.311 e. The van der Waals surface area contributed by atoms with Crippen LogP contribution in [0.4, 0.5) is 8.78 Å². The minimum Gasteiger partial charge on any atom is -0.481 e. The van der Waals surface area contributed by atoms with E-state index in [9.17, 15) is 23.5 Å². The molecule has 1 unspecified atom stereocenters. The Hall–Kier alpha value is -2.02. The van der Waals surface area contributed by atoms with Gasteiger partial charge < -0.3 is 10.4 Å². The number of rotatable bonds is 6. The van der Waals surface area contributed by atoms with Gasteiger partial charge in [-0.2, -0.15) is 0 Å². The monoisotopic (exact) mass is 366 g/mol. The van der Waals surface area contributed by atoms with Crippen molar-refractivity contribution in [1.29, 1.82) is 0 Å².